The largest absolute Gasteiger partial charge is 0.491 e. The molecule has 0 saturated heterocycles. The van der Waals surface area contributed by atoms with Crippen LogP contribution in [-0.2, 0) is 9.53 Å². The normalized spacial score (nSPS) is 15.0. The number of carbonyl (C=O) groups is 2. The number of esters is 1. The zero-order chi connectivity index (χ0) is 29.3. The molecular formula is C31H28N2O7S. The number of aromatic carboxylic acids is 1. The van der Waals surface area contributed by atoms with E-state index in [1.807, 2.05) is 38.1 Å². The molecule has 1 aliphatic rings. The van der Waals surface area contributed by atoms with Crippen molar-refractivity contribution in [3.8, 4) is 17.1 Å². The maximum absolute atomic E-state index is 13.9. The molecule has 41 heavy (non-hydrogen) atoms. The Morgan fingerprint density at radius 3 is 2.59 bits per heavy atom. The van der Waals surface area contributed by atoms with Crippen LogP contribution in [0.4, 0.5) is 0 Å². The lowest BCUT2D eigenvalue weighted by Crippen LogP contribution is -2.40. The van der Waals surface area contributed by atoms with Gasteiger partial charge in [-0.1, -0.05) is 47.7 Å². The van der Waals surface area contributed by atoms with E-state index >= 15 is 0 Å². The Hall–Kier alpha value is -4.70. The Morgan fingerprint density at radius 2 is 1.85 bits per heavy atom. The molecule has 1 atom stereocenters. The number of furan rings is 1. The first kappa shape index (κ1) is 27.9. The van der Waals surface area contributed by atoms with Gasteiger partial charge in [0.15, 0.2) is 4.80 Å². The highest BCUT2D eigenvalue weighted by Gasteiger charge is 2.35. The Labute approximate surface area is 239 Å². The standard InChI is InChI=1S/C31H28N2O7S/c1-5-38-30(37)26-18(4)32-31-33(27(26)22-12-8-9-13-23(22)39-17(2)3)28(34)25(41-31)16-19-14-15-24(40-19)20-10-6-7-11-21(20)29(35)36/h6-17,27H,5H2,1-4H3,(H,35,36)/b25-16+/t27-/m1/s1. The summed E-state index contributed by atoms with van der Waals surface area (Å²) in [6.07, 6.45) is 1.45. The maximum atomic E-state index is 13.9. The van der Waals surface area contributed by atoms with Gasteiger partial charge in [-0.15, -0.1) is 0 Å². The van der Waals surface area contributed by atoms with Gasteiger partial charge in [-0.3, -0.25) is 9.36 Å². The third-order valence-corrected chi connectivity index (χ3v) is 7.40. The molecule has 0 fully saturated rings. The Balaban J connectivity index is 1.67. The number of carboxylic acids is 1. The van der Waals surface area contributed by atoms with Crippen LogP contribution in [0.5, 0.6) is 5.75 Å². The number of fused-ring (bicyclic) bond motifs is 1. The molecule has 2 aromatic heterocycles. The molecule has 2 aromatic carbocycles. The number of nitrogens with zero attached hydrogens (tertiary/aromatic N) is 2. The maximum Gasteiger partial charge on any atom is 0.338 e. The van der Waals surface area contributed by atoms with Gasteiger partial charge in [-0.05, 0) is 52.0 Å². The summed E-state index contributed by atoms with van der Waals surface area (Å²) < 4.78 is 19.2. The van der Waals surface area contributed by atoms with Crippen molar-refractivity contribution in [1.82, 2.24) is 4.57 Å². The summed E-state index contributed by atoms with van der Waals surface area (Å²) in [5.74, 6) is -0.347. The van der Waals surface area contributed by atoms with E-state index in [1.165, 1.54) is 22.0 Å². The fourth-order valence-electron chi connectivity index (χ4n) is 4.74. The molecule has 0 bridgehead atoms. The summed E-state index contributed by atoms with van der Waals surface area (Å²) in [6.45, 7) is 7.42. The number of hydrogen-bond acceptors (Lipinski definition) is 8. The number of allylic oxidation sites excluding steroid dienone is 1. The summed E-state index contributed by atoms with van der Waals surface area (Å²) in [7, 11) is 0. The van der Waals surface area contributed by atoms with E-state index in [0.717, 1.165) is 0 Å². The number of para-hydroxylation sites is 1. The third-order valence-electron chi connectivity index (χ3n) is 6.42. The van der Waals surface area contributed by atoms with Crippen molar-refractivity contribution in [2.24, 2.45) is 4.99 Å². The summed E-state index contributed by atoms with van der Waals surface area (Å²) in [5.41, 5.74) is 1.52. The van der Waals surface area contributed by atoms with Crippen molar-refractivity contribution in [1.29, 1.82) is 0 Å². The Kier molecular flexibility index (Phi) is 7.76. The van der Waals surface area contributed by atoms with E-state index in [9.17, 15) is 19.5 Å². The molecule has 0 aliphatic carbocycles. The lowest BCUT2D eigenvalue weighted by molar-refractivity contribution is -0.139. The van der Waals surface area contributed by atoms with Crippen LogP contribution in [-0.4, -0.2) is 34.3 Å². The number of rotatable bonds is 8. The first-order valence-corrected chi connectivity index (χ1v) is 13.9. The van der Waals surface area contributed by atoms with Crippen LogP contribution in [0.3, 0.4) is 0 Å². The molecule has 0 saturated carbocycles. The smallest absolute Gasteiger partial charge is 0.338 e. The lowest BCUT2D eigenvalue weighted by atomic mass is 9.95. The van der Waals surface area contributed by atoms with Crippen molar-refractivity contribution in [3.05, 3.63) is 109 Å². The molecule has 0 amide bonds. The number of carboxylic acid groups (broad SMARTS) is 1. The molecule has 0 unspecified atom stereocenters. The minimum absolute atomic E-state index is 0.108. The molecule has 4 aromatic rings. The van der Waals surface area contributed by atoms with Gasteiger partial charge in [0.2, 0.25) is 0 Å². The van der Waals surface area contributed by atoms with Gasteiger partial charge in [0.1, 0.15) is 23.3 Å². The quantitative estimate of drug-likeness (QED) is 0.308. The molecule has 0 spiro atoms. The second-order valence-electron chi connectivity index (χ2n) is 9.56. The highest BCUT2D eigenvalue weighted by molar-refractivity contribution is 7.07. The van der Waals surface area contributed by atoms with Crippen LogP contribution >= 0.6 is 11.3 Å². The molecule has 9 nitrogen and oxygen atoms in total. The van der Waals surface area contributed by atoms with Crippen LogP contribution in [0.25, 0.3) is 17.4 Å². The van der Waals surface area contributed by atoms with Crippen LogP contribution in [0, 0.1) is 0 Å². The summed E-state index contributed by atoms with van der Waals surface area (Å²) >= 11 is 1.17. The first-order valence-electron chi connectivity index (χ1n) is 13.1. The van der Waals surface area contributed by atoms with Crippen molar-refractivity contribution >= 4 is 29.4 Å². The molecule has 1 N–H and O–H groups in total. The van der Waals surface area contributed by atoms with Gasteiger partial charge in [0.25, 0.3) is 5.56 Å². The molecule has 3 heterocycles. The molecule has 10 heteroatoms. The Bertz CT molecular complexity index is 1860. The van der Waals surface area contributed by atoms with Gasteiger partial charge < -0.3 is 19.0 Å². The average molecular weight is 573 g/mol. The van der Waals surface area contributed by atoms with E-state index in [1.54, 1.807) is 50.3 Å². The number of carbonyl (C=O) groups excluding carboxylic acids is 1. The van der Waals surface area contributed by atoms with E-state index in [2.05, 4.69) is 4.99 Å². The average Bonchev–Trinajstić information content (AvgIpc) is 3.52. The fraction of sp³-hybridized carbons (Fsp3) is 0.226. The number of hydrogen-bond donors (Lipinski definition) is 1. The SMILES string of the molecule is CCOC(=O)C1=C(C)N=c2s/c(=C/c3ccc(-c4ccccc4C(=O)O)o3)c(=O)n2[C@@H]1c1ccccc1OC(C)C. The van der Waals surface area contributed by atoms with Crippen LogP contribution in [0.1, 0.15) is 55.4 Å². The third kappa shape index (κ3) is 5.38. The topological polar surface area (TPSA) is 120 Å². The predicted octanol–water partition coefficient (Wildman–Crippen LogP) is 4.54. The zero-order valence-electron chi connectivity index (χ0n) is 22.9. The molecule has 210 valence electrons. The van der Waals surface area contributed by atoms with Crippen molar-refractivity contribution < 1.29 is 28.6 Å². The zero-order valence-corrected chi connectivity index (χ0v) is 23.7. The van der Waals surface area contributed by atoms with Gasteiger partial charge in [-0.25, -0.2) is 14.6 Å². The van der Waals surface area contributed by atoms with E-state index in [0.29, 0.717) is 43.4 Å². The molecule has 0 radical (unpaired) electrons. The number of ether oxygens (including phenoxy) is 2. The Morgan fingerprint density at radius 1 is 1.12 bits per heavy atom. The van der Waals surface area contributed by atoms with Gasteiger partial charge >= 0.3 is 11.9 Å². The van der Waals surface area contributed by atoms with Crippen molar-refractivity contribution in [2.75, 3.05) is 6.61 Å². The second kappa shape index (κ2) is 11.4. The van der Waals surface area contributed by atoms with Gasteiger partial charge in [0.05, 0.1) is 34.1 Å². The van der Waals surface area contributed by atoms with Crippen molar-refractivity contribution in [3.63, 3.8) is 0 Å². The van der Waals surface area contributed by atoms with Crippen LogP contribution in [0.15, 0.2) is 86.1 Å². The van der Waals surface area contributed by atoms with Crippen LogP contribution in [0.2, 0.25) is 0 Å². The summed E-state index contributed by atoms with van der Waals surface area (Å²) in [4.78, 5) is 43.8. The first-order chi connectivity index (χ1) is 19.7. The number of benzene rings is 2. The molecule has 5 rings (SSSR count). The molecule has 1 aliphatic heterocycles. The monoisotopic (exact) mass is 572 g/mol. The summed E-state index contributed by atoms with van der Waals surface area (Å²) in [5, 5.41) is 9.55. The summed E-state index contributed by atoms with van der Waals surface area (Å²) in [6, 6.07) is 16.4. The van der Waals surface area contributed by atoms with E-state index in [4.69, 9.17) is 13.9 Å². The number of thiazole rings is 1. The van der Waals surface area contributed by atoms with Crippen molar-refractivity contribution in [2.45, 2.75) is 39.8 Å². The lowest BCUT2D eigenvalue weighted by Gasteiger charge is -2.26. The fourth-order valence-corrected chi connectivity index (χ4v) is 5.77. The highest BCUT2D eigenvalue weighted by Crippen LogP contribution is 2.36. The minimum atomic E-state index is -1.07. The number of aromatic nitrogens is 1. The highest BCUT2D eigenvalue weighted by atomic mass is 32.1. The van der Waals surface area contributed by atoms with Crippen LogP contribution < -0.4 is 19.6 Å². The van der Waals surface area contributed by atoms with Gasteiger partial charge in [0, 0.05) is 17.2 Å². The van der Waals surface area contributed by atoms with E-state index < -0.39 is 18.0 Å². The molecular weight excluding hydrogens is 544 g/mol. The minimum Gasteiger partial charge on any atom is -0.491 e. The van der Waals surface area contributed by atoms with E-state index in [-0.39, 0.29) is 29.4 Å². The predicted molar refractivity (Wildman–Crippen MR) is 154 cm³/mol. The second-order valence-corrected chi connectivity index (χ2v) is 10.6. The van der Waals surface area contributed by atoms with Gasteiger partial charge in [-0.2, -0.15) is 0 Å².